The first-order valence-electron chi connectivity index (χ1n) is 9.12. The number of ether oxygens (including phenoxy) is 1. The second-order valence-corrected chi connectivity index (χ2v) is 8.79. The number of rotatable bonds is 6. The van der Waals surface area contributed by atoms with E-state index in [1.807, 2.05) is 0 Å². The Balaban J connectivity index is 1.42. The van der Waals surface area contributed by atoms with E-state index >= 15 is 0 Å². The Bertz CT molecular complexity index is 1160. The SMILES string of the molecule is NC(=O)c1ccc(Cl)n1-c1ccc(N2C[C@H](CNC(=O)c3ccc(Cl)s3)OC2=O)cc1. The fourth-order valence-corrected chi connectivity index (χ4v) is 4.43. The van der Waals surface area contributed by atoms with Gasteiger partial charge in [-0.3, -0.25) is 19.1 Å². The molecule has 3 aromatic rings. The first-order chi connectivity index (χ1) is 14.8. The molecule has 3 heterocycles. The number of benzene rings is 1. The summed E-state index contributed by atoms with van der Waals surface area (Å²) in [4.78, 5) is 38.0. The number of hydrogen-bond acceptors (Lipinski definition) is 5. The lowest BCUT2D eigenvalue weighted by Gasteiger charge is -2.15. The molecule has 160 valence electrons. The zero-order valence-electron chi connectivity index (χ0n) is 15.9. The molecule has 4 rings (SSSR count). The number of aromatic nitrogens is 1. The van der Waals surface area contributed by atoms with Gasteiger partial charge in [-0.05, 0) is 48.5 Å². The Morgan fingerprint density at radius 3 is 2.45 bits per heavy atom. The third-order valence-electron chi connectivity index (χ3n) is 4.67. The molecule has 31 heavy (non-hydrogen) atoms. The van der Waals surface area contributed by atoms with E-state index in [1.54, 1.807) is 48.5 Å². The van der Waals surface area contributed by atoms with Crippen LogP contribution in [0.2, 0.25) is 9.49 Å². The summed E-state index contributed by atoms with van der Waals surface area (Å²) in [5.74, 6) is -0.876. The highest BCUT2D eigenvalue weighted by Crippen LogP contribution is 2.26. The number of amides is 3. The molecular weight excluding hydrogens is 463 g/mol. The fourth-order valence-electron chi connectivity index (χ4n) is 3.22. The molecule has 1 aliphatic rings. The van der Waals surface area contributed by atoms with Crippen molar-refractivity contribution in [3.05, 3.63) is 68.6 Å². The van der Waals surface area contributed by atoms with Crippen LogP contribution in [0.1, 0.15) is 20.2 Å². The molecule has 0 spiro atoms. The molecule has 1 aliphatic heterocycles. The van der Waals surface area contributed by atoms with Crippen molar-refractivity contribution in [2.75, 3.05) is 18.0 Å². The van der Waals surface area contributed by atoms with Gasteiger partial charge in [0.25, 0.3) is 11.8 Å². The van der Waals surface area contributed by atoms with Gasteiger partial charge in [-0.1, -0.05) is 23.2 Å². The Kier molecular flexibility index (Phi) is 5.90. The lowest BCUT2D eigenvalue weighted by atomic mass is 10.2. The summed E-state index contributed by atoms with van der Waals surface area (Å²) in [5.41, 5.74) is 6.88. The summed E-state index contributed by atoms with van der Waals surface area (Å²) in [6.45, 7) is 0.454. The van der Waals surface area contributed by atoms with E-state index in [-0.39, 0.29) is 24.7 Å². The number of hydrogen-bond donors (Lipinski definition) is 2. The molecule has 0 radical (unpaired) electrons. The topological polar surface area (TPSA) is 107 Å². The summed E-state index contributed by atoms with van der Waals surface area (Å²) >= 11 is 13.2. The van der Waals surface area contributed by atoms with E-state index in [2.05, 4.69) is 5.32 Å². The van der Waals surface area contributed by atoms with Crippen molar-refractivity contribution < 1.29 is 19.1 Å². The normalized spacial score (nSPS) is 15.7. The van der Waals surface area contributed by atoms with E-state index in [1.165, 1.54) is 20.8 Å². The number of thiophene rings is 1. The van der Waals surface area contributed by atoms with Crippen LogP contribution in [-0.4, -0.2) is 41.7 Å². The van der Waals surface area contributed by atoms with Crippen molar-refractivity contribution in [1.82, 2.24) is 9.88 Å². The Morgan fingerprint density at radius 1 is 1.10 bits per heavy atom. The number of nitrogens with two attached hydrogens (primary N) is 1. The zero-order chi connectivity index (χ0) is 22.1. The lowest BCUT2D eigenvalue weighted by molar-refractivity contribution is 0.0919. The lowest BCUT2D eigenvalue weighted by Crippen LogP contribution is -2.34. The average Bonchev–Trinajstić information content (AvgIpc) is 3.45. The minimum absolute atomic E-state index is 0.176. The van der Waals surface area contributed by atoms with Crippen LogP contribution in [0.4, 0.5) is 10.5 Å². The number of halogens is 2. The van der Waals surface area contributed by atoms with Crippen LogP contribution < -0.4 is 16.0 Å². The molecule has 1 aromatic carbocycles. The van der Waals surface area contributed by atoms with Crippen molar-refractivity contribution in [3.8, 4) is 5.69 Å². The fraction of sp³-hybridized carbons (Fsp3) is 0.150. The largest absolute Gasteiger partial charge is 0.442 e. The number of anilines is 1. The molecule has 2 aromatic heterocycles. The standard InChI is InChI=1S/C20H16Cl2N4O4S/c21-16-7-5-14(18(23)27)26(16)12-3-1-11(2-4-12)25-10-13(30-20(25)29)9-24-19(28)15-6-8-17(22)31-15/h1-8,13H,9-10H2,(H2,23,27)(H,24,28)/t13-/m0/s1. The van der Waals surface area contributed by atoms with E-state index in [0.717, 1.165) is 0 Å². The van der Waals surface area contributed by atoms with Gasteiger partial charge in [0.1, 0.15) is 17.0 Å². The first-order valence-corrected chi connectivity index (χ1v) is 10.7. The second kappa shape index (κ2) is 8.62. The molecule has 3 amide bonds. The molecule has 0 aliphatic carbocycles. The van der Waals surface area contributed by atoms with E-state index < -0.39 is 18.1 Å². The average molecular weight is 479 g/mol. The molecule has 11 heteroatoms. The van der Waals surface area contributed by atoms with Gasteiger partial charge in [-0.2, -0.15) is 0 Å². The number of carbonyl (C=O) groups is 3. The molecular formula is C20H16Cl2N4O4S. The van der Waals surface area contributed by atoms with Crippen LogP contribution in [0.5, 0.6) is 0 Å². The quantitative estimate of drug-likeness (QED) is 0.562. The third-order valence-corrected chi connectivity index (χ3v) is 6.19. The summed E-state index contributed by atoms with van der Waals surface area (Å²) in [5, 5.41) is 3.08. The first kappa shape index (κ1) is 21.2. The van der Waals surface area contributed by atoms with Gasteiger partial charge in [0.05, 0.1) is 22.3 Å². The highest BCUT2D eigenvalue weighted by molar-refractivity contribution is 7.18. The minimum Gasteiger partial charge on any atom is -0.442 e. The number of nitrogens with zero attached hydrogens (tertiary/aromatic N) is 2. The predicted molar refractivity (Wildman–Crippen MR) is 119 cm³/mol. The summed E-state index contributed by atoms with van der Waals surface area (Å²) in [6, 6.07) is 13.3. The number of cyclic esters (lactones) is 1. The van der Waals surface area contributed by atoms with Gasteiger partial charge in [0, 0.05) is 11.4 Å². The highest BCUT2D eigenvalue weighted by atomic mass is 35.5. The van der Waals surface area contributed by atoms with Crippen LogP contribution in [0.25, 0.3) is 5.69 Å². The van der Waals surface area contributed by atoms with Crippen LogP contribution in [-0.2, 0) is 4.74 Å². The van der Waals surface area contributed by atoms with Crippen LogP contribution in [0, 0.1) is 0 Å². The summed E-state index contributed by atoms with van der Waals surface area (Å²) in [7, 11) is 0. The molecule has 0 unspecified atom stereocenters. The van der Waals surface area contributed by atoms with Crippen molar-refractivity contribution in [2.45, 2.75) is 6.10 Å². The van der Waals surface area contributed by atoms with Gasteiger partial charge in [0.2, 0.25) is 0 Å². The minimum atomic E-state index is -0.603. The Labute approximate surface area is 191 Å². The van der Waals surface area contributed by atoms with Gasteiger partial charge in [0.15, 0.2) is 0 Å². The molecule has 0 saturated carbocycles. The van der Waals surface area contributed by atoms with Crippen LogP contribution in [0.15, 0.2) is 48.5 Å². The molecule has 0 bridgehead atoms. The maximum atomic E-state index is 12.3. The predicted octanol–water partition coefficient (Wildman–Crippen LogP) is 3.70. The summed E-state index contributed by atoms with van der Waals surface area (Å²) < 4.78 is 7.40. The number of primary amides is 1. The van der Waals surface area contributed by atoms with E-state index in [9.17, 15) is 14.4 Å². The second-order valence-electron chi connectivity index (χ2n) is 6.69. The molecule has 1 fully saturated rings. The molecule has 1 atom stereocenters. The van der Waals surface area contributed by atoms with Gasteiger partial charge in [-0.15, -0.1) is 11.3 Å². The third kappa shape index (κ3) is 4.39. The Morgan fingerprint density at radius 2 is 1.81 bits per heavy atom. The maximum absolute atomic E-state index is 12.3. The zero-order valence-corrected chi connectivity index (χ0v) is 18.2. The number of carbonyl (C=O) groups excluding carboxylic acids is 3. The van der Waals surface area contributed by atoms with E-state index in [4.69, 9.17) is 33.7 Å². The smallest absolute Gasteiger partial charge is 0.414 e. The van der Waals surface area contributed by atoms with Crippen molar-refractivity contribution in [2.24, 2.45) is 5.73 Å². The Hall–Kier alpha value is -3.01. The van der Waals surface area contributed by atoms with Crippen LogP contribution in [0.3, 0.4) is 0 Å². The van der Waals surface area contributed by atoms with Gasteiger partial charge < -0.3 is 15.8 Å². The van der Waals surface area contributed by atoms with Crippen molar-refractivity contribution >= 4 is 58.1 Å². The molecule has 1 saturated heterocycles. The monoisotopic (exact) mass is 478 g/mol. The number of nitrogens with one attached hydrogen (secondary N) is 1. The molecule has 3 N–H and O–H groups in total. The van der Waals surface area contributed by atoms with Crippen molar-refractivity contribution in [1.29, 1.82) is 0 Å². The molecule has 8 nitrogen and oxygen atoms in total. The van der Waals surface area contributed by atoms with Gasteiger partial charge >= 0.3 is 6.09 Å². The van der Waals surface area contributed by atoms with Gasteiger partial charge in [-0.25, -0.2) is 4.79 Å². The van der Waals surface area contributed by atoms with E-state index in [0.29, 0.717) is 25.7 Å². The summed E-state index contributed by atoms with van der Waals surface area (Å²) in [6.07, 6.45) is -1.00. The maximum Gasteiger partial charge on any atom is 0.414 e. The highest BCUT2D eigenvalue weighted by Gasteiger charge is 2.32. The van der Waals surface area contributed by atoms with Crippen molar-refractivity contribution in [3.63, 3.8) is 0 Å². The van der Waals surface area contributed by atoms with Crippen LogP contribution >= 0.6 is 34.5 Å².